The number of pyridine rings is 1. The first kappa shape index (κ1) is 16.2. The van der Waals surface area contributed by atoms with E-state index in [0.29, 0.717) is 23.8 Å². The monoisotopic (exact) mass is 336 g/mol. The summed E-state index contributed by atoms with van der Waals surface area (Å²) in [6.45, 7) is 1.07. The Balaban J connectivity index is 1.87. The van der Waals surface area contributed by atoms with Gasteiger partial charge in [0.2, 0.25) is 0 Å². The van der Waals surface area contributed by atoms with Crippen LogP contribution in [0.1, 0.15) is 21.5 Å². The molecule has 3 rings (SSSR count). The topological polar surface area (TPSA) is 33.2 Å². The van der Waals surface area contributed by atoms with Gasteiger partial charge in [0.1, 0.15) is 5.15 Å². The summed E-state index contributed by atoms with van der Waals surface area (Å²) >= 11 is 5.93. The summed E-state index contributed by atoms with van der Waals surface area (Å²) in [5.41, 5.74) is 2.71. The minimum Gasteiger partial charge on any atom is -0.330 e. The van der Waals surface area contributed by atoms with Crippen LogP contribution >= 0.6 is 11.6 Å². The van der Waals surface area contributed by atoms with Crippen molar-refractivity contribution in [3.8, 4) is 0 Å². The van der Waals surface area contributed by atoms with Gasteiger partial charge in [0.25, 0.3) is 5.91 Å². The molecule has 1 heterocycles. The zero-order valence-electron chi connectivity index (χ0n) is 13.1. The lowest BCUT2D eigenvalue weighted by Gasteiger charge is -2.23. The Hall–Kier alpha value is -2.65. The van der Waals surface area contributed by atoms with Gasteiger partial charge in [-0.3, -0.25) is 4.79 Å². The standard InChI is InChI=1S/C20H17ClN2O/c21-19-13-18(11-12-22-19)20(24)23(14-16-7-3-1-4-8-16)15-17-9-5-2-6-10-17/h1-13H,14-15H2. The number of carbonyl (C=O) groups excluding carboxylic acids is 1. The highest BCUT2D eigenvalue weighted by molar-refractivity contribution is 6.29. The SMILES string of the molecule is O=C(c1ccnc(Cl)c1)N(Cc1ccccc1)Cc1ccccc1. The van der Waals surface area contributed by atoms with Crippen LogP contribution in [0.25, 0.3) is 0 Å². The van der Waals surface area contributed by atoms with E-state index in [1.54, 1.807) is 18.3 Å². The fourth-order valence-corrected chi connectivity index (χ4v) is 2.70. The third-order valence-corrected chi connectivity index (χ3v) is 3.90. The third kappa shape index (κ3) is 4.21. The first-order chi connectivity index (χ1) is 11.7. The summed E-state index contributed by atoms with van der Waals surface area (Å²) in [4.78, 5) is 18.7. The Bertz CT molecular complexity index is 765. The number of nitrogens with zero attached hydrogens (tertiary/aromatic N) is 2. The minimum absolute atomic E-state index is 0.0630. The lowest BCUT2D eigenvalue weighted by atomic mass is 10.1. The van der Waals surface area contributed by atoms with Gasteiger partial charge in [-0.15, -0.1) is 0 Å². The number of benzene rings is 2. The van der Waals surface area contributed by atoms with Gasteiger partial charge < -0.3 is 4.90 Å². The van der Waals surface area contributed by atoms with E-state index >= 15 is 0 Å². The highest BCUT2D eigenvalue weighted by atomic mass is 35.5. The molecule has 0 unspecified atom stereocenters. The molecule has 1 aromatic heterocycles. The first-order valence-corrected chi connectivity index (χ1v) is 8.09. The van der Waals surface area contributed by atoms with Crippen molar-refractivity contribution in [2.75, 3.05) is 0 Å². The normalized spacial score (nSPS) is 10.4. The van der Waals surface area contributed by atoms with Crippen molar-refractivity contribution < 1.29 is 4.79 Å². The van der Waals surface area contributed by atoms with Crippen molar-refractivity contribution in [2.45, 2.75) is 13.1 Å². The zero-order valence-corrected chi connectivity index (χ0v) is 13.9. The molecular formula is C20H17ClN2O. The summed E-state index contributed by atoms with van der Waals surface area (Å²) in [5.74, 6) is -0.0630. The summed E-state index contributed by atoms with van der Waals surface area (Å²) < 4.78 is 0. The van der Waals surface area contributed by atoms with Gasteiger partial charge in [-0.05, 0) is 23.3 Å². The summed E-state index contributed by atoms with van der Waals surface area (Å²) in [6.07, 6.45) is 1.55. The van der Waals surface area contributed by atoms with E-state index in [4.69, 9.17) is 11.6 Å². The molecule has 0 aliphatic rings. The second kappa shape index (κ2) is 7.75. The number of rotatable bonds is 5. The molecule has 3 aromatic rings. The molecule has 0 aliphatic carbocycles. The molecule has 0 aliphatic heterocycles. The highest BCUT2D eigenvalue weighted by Crippen LogP contribution is 2.16. The largest absolute Gasteiger partial charge is 0.330 e. The Morgan fingerprint density at radius 2 is 1.42 bits per heavy atom. The molecular weight excluding hydrogens is 320 g/mol. The number of amides is 1. The minimum atomic E-state index is -0.0630. The van der Waals surface area contributed by atoms with Crippen molar-refractivity contribution in [1.29, 1.82) is 0 Å². The van der Waals surface area contributed by atoms with Crippen molar-refractivity contribution in [3.05, 3.63) is 101 Å². The number of hydrogen-bond donors (Lipinski definition) is 0. The summed E-state index contributed by atoms with van der Waals surface area (Å²) in [7, 11) is 0. The fourth-order valence-electron chi connectivity index (χ4n) is 2.53. The Morgan fingerprint density at radius 3 is 1.92 bits per heavy atom. The predicted octanol–water partition coefficient (Wildman–Crippen LogP) is 4.58. The van der Waals surface area contributed by atoms with Gasteiger partial charge in [-0.2, -0.15) is 0 Å². The molecule has 4 heteroatoms. The summed E-state index contributed by atoms with van der Waals surface area (Å²) in [6, 6.07) is 23.2. The average molecular weight is 337 g/mol. The van der Waals surface area contributed by atoms with Crippen LogP contribution in [-0.4, -0.2) is 15.8 Å². The van der Waals surface area contributed by atoms with Crippen molar-refractivity contribution >= 4 is 17.5 Å². The quantitative estimate of drug-likeness (QED) is 0.639. The zero-order chi connectivity index (χ0) is 16.8. The van der Waals surface area contributed by atoms with Crippen LogP contribution in [0.15, 0.2) is 79.0 Å². The Labute approximate surface area is 146 Å². The van der Waals surface area contributed by atoms with E-state index in [1.165, 1.54) is 0 Å². The number of carbonyl (C=O) groups is 1. The lowest BCUT2D eigenvalue weighted by Crippen LogP contribution is -2.30. The second-order valence-electron chi connectivity index (χ2n) is 5.50. The van der Waals surface area contributed by atoms with Crippen LogP contribution < -0.4 is 0 Å². The molecule has 0 saturated carbocycles. The van der Waals surface area contributed by atoms with Crippen LogP contribution in [0.5, 0.6) is 0 Å². The van der Waals surface area contributed by atoms with E-state index in [0.717, 1.165) is 11.1 Å². The van der Waals surface area contributed by atoms with Crippen molar-refractivity contribution in [2.24, 2.45) is 0 Å². The van der Waals surface area contributed by atoms with Crippen LogP contribution in [0.3, 0.4) is 0 Å². The van der Waals surface area contributed by atoms with Gasteiger partial charge in [0.05, 0.1) is 0 Å². The molecule has 0 spiro atoms. The maximum atomic E-state index is 12.9. The summed E-state index contributed by atoms with van der Waals surface area (Å²) in [5, 5.41) is 0.320. The van der Waals surface area contributed by atoms with Gasteiger partial charge >= 0.3 is 0 Å². The Morgan fingerprint density at radius 1 is 0.875 bits per heavy atom. The molecule has 0 saturated heterocycles. The molecule has 0 fully saturated rings. The van der Waals surface area contributed by atoms with E-state index in [9.17, 15) is 4.79 Å². The Kier molecular flexibility index (Phi) is 5.24. The molecule has 0 radical (unpaired) electrons. The maximum Gasteiger partial charge on any atom is 0.254 e. The number of halogens is 1. The van der Waals surface area contributed by atoms with Crippen LogP contribution in [0.2, 0.25) is 5.15 Å². The van der Waals surface area contributed by atoms with Gasteiger partial charge in [-0.25, -0.2) is 4.98 Å². The molecule has 1 amide bonds. The van der Waals surface area contributed by atoms with Gasteiger partial charge in [0.15, 0.2) is 0 Å². The van der Waals surface area contributed by atoms with Crippen LogP contribution in [0.4, 0.5) is 0 Å². The molecule has 2 aromatic carbocycles. The second-order valence-corrected chi connectivity index (χ2v) is 5.89. The third-order valence-electron chi connectivity index (χ3n) is 3.69. The van der Waals surface area contributed by atoms with E-state index in [2.05, 4.69) is 4.98 Å². The number of hydrogen-bond acceptors (Lipinski definition) is 2. The highest BCUT2D eigenvalue weighted by Gasteiger charge is 2.17. The molecule has 3 nitrogen and oxygen atoms in total. The van der Waals surface area contributed by atoms with Gasteiger partial charge in [-0.1, -0.05) is 72.3 Å². The lowest BCUT2D eigenvalue weighted by molar-refractivity contribution is 0.0730. The fraction of sp³-hybridized carbons (Fsp3) is 0.100. The maximum absolute atomic E-state index is 12.9. The predicted molar refractivity (Wildman–Crippen MR) is 95.7 cm³/mol. The van der Waals surface area contributed by atoms with E-state index in [-0.39, 0.29) is 5.91 Å². The molecule has 120 valence electrons. The molecule has 24 heavy (non-hydrogen) atoms. The van der Waals surface area contributed by atoms with E-state index < -0.39 is 0 Å². The smallest absolute Gasteiger partial charge is 0.254 e. The number of aromatic nitrogens is 1. The average Bonchev–Trinajstić information content (AvgIpc) is 2.62. The molecule has 0 bridgehead atoms. The van der Waals surface area contributed by atoms with E-state index in [1.807, 2.05) is 65.6 Å². The van der Waals surface area contributed by atoms with Crippen LogP contribution in [-0.2, 0) is 13.1 Å². The first-order valence-electron chi connectivity index (χ1n) is 7.71. The van der Waals surface area contributed by atoms with Gasteiger partial charge in [0, 0.05) is 24.8 Å². The van der Waals surface area contributed by atoms with Crippen molar-refractivity contribution in [3.63, 3.8) is 0 Å². The van der Waals surface area contributed by atoms with Crippen LogP contribution in [0, 0.1) is 0 Å². The molecule has 0 atom stereocenters. The van der Waals surface area contributed by atoms with Crippen molar-refractivity contribution in [1.82, 2.24) is 9.88 Å². The molecule has 0 N–H and O–H groups in total.